The first-order valence-electron chi connectivity index (χ1n) is 48.9. The standard InChI is InChI=1S/3C19H15N.C13H11N.C10H18.C9H16.5C7H8/c1-14-8-7-13-18-19(14)16-11-5-6-12-17(16)20(18)15-9-3-2-4-10-15;1-14-11-12-19-17(13-14)16-9-5-6-10-18(16)20(19)15-7-3-2-4-8-15;1-14-11-12-17-16-9-5-6-10-18(16)20(19(17)13-14)15-7-3-2-4-8-15;1-14-12-8-4-2-6-10(12)11-7-3-5-9-13(11)14;1-2-9-7-8-3-5-10(9)6-4-8;1-7-6-8-2-4-9(7)5-3-8;5*1-7-5-3-2-4-6-7/h3*2-13H,1H3;2-9H,1H3;8-10H,2-7H2,1H3;7-9H,2-6H2,1H3;5*2-6H,1H3/i;;;;;;2D,3D,4D,5D,6D;;;;. The van der Waals surface area contributed by atoms with Crippen LogP contribution in [-0.2, 0) is 7.05 Å². The summed E-state index contributed by atoms with van der Waals surface area (Å²) in [5.41, 5.74) is 23.3. The monoisotopic (exact) mass is 1680 g/mol. The first-order valence-corrected chi connectivity index (χ1v) is 46.4. The van der Waals surface area contributed by atoms with Gasteiger partial charge < -0.3 is 18.3 Å². The van der Waals surface area contributed by atoms with E-state index in [9.17, 15) is 0 Å². The van der Waals surface area contributed by atoms with Gasteiger partial charge in [0.15, 0.2) is 0 Å². The Morgan fingerprint density at radius 3 is 0.953 bits per heavy atom. The molecule has 0 saturated heterocycles. The average molecular weight is 1680 g/mol. The number of benzene rings is 16. The third-order valence-corrected chi connectivity index (χ3v) is 25.9. The fourth-order valence-electron chi connectivity index (χ4n) is 19.2. The van der Waals surface area contributed by atoms with Gasteiger partial charge >= 0.3 is 0 Å². The summed E-state index contributed by atoms with van der Waals surface area (Å²) in [4.78, 5) is 0. The minimum atomic E-state index is -0.337. The van der Waals surface area contributed by atoms with Gasteiger partial charge in [0.1, 0.15) is 0 Å². The highest BCUT2D eigenvalue weighted by Crippen LogP contribution is 2.47. The molecule has 4 heteroatoms. The molecular weight excluding hydrogens is 1550 g/mol. The SMILES string of the molecule is CC1CC2CCC1CC2.CCC1CC2CCC1CC2.Cc1ccc2c(c1)c1ccccc1n2-c1ccccc1.Cc1ccc2c3ccccc3n(-c3ccccc3)c2c1.Cc1cccc2c1c1ccccc1n2-c1ccccc1.Cc1ccccc1.Cc1ccccc1.Cc1ccccc1.Cc1ccccc1.Cn1c2ccccc2c2ccccc21.[2H]c1c([2H])c([2H])c(C)c([2H])c1[2H]. The van der Waals surface area contributed by atoms with Crippen molar-refractivity contribution in [1.82, 2.24) is 18.3 Å². The Bertz CT molecular complexity index is 6710. The van der Waals surface area contributed by atoms with E-state index < -0.39 is 0 Å². The highest BCUT2D eigenvalue weighted by Gasteiger charge is 2.34. The zero-order valence-corrected chi connectivity index (χ0v) is 77.0. The Morgan fingerprint density at radius 1 is 0.258 bits per heavy atom. The van der Waals surface area contributed by atoms with E-state index in [-0.39, 0.29) is 30.2 Å². The van der Waals surface area contributed by atoms with Crippen LogP contribution in [0.1, 0.15) is 136 Å². The number of fused-ring (bicyclic) bond motifs is 18. The van der Waals surface area contributed by atoms with E-state index in [4.69, 9.17) is 6.85 Å². The van der Waals surface area contributed by atoms with Crippen LogP contribution in [0.2, 0.25) is 0 Å². The van der Waals surface area contributed by atoms with Crippen LogP contribution in [0.3, 0.4) is 0 Å². The molecule has 4 nitrogen and oxygen atoms in total. The Hall–Kier alpha value is -13.3. The number of aryl methyl sites for hydroxylation is 8. The minimum Gasteiger partial charge on any atom is -0.344 e. The fourth-order valence-corrected chi connectivity index (χ4v) is 19.2. The molecule has 2 unspecified atom stereocenters. The molecule has 20 aromatic rings. The van der Waals surface area contributed by atoms with Crippen LogP contribution in [0.25, 0.3) is 104 Å². The molecule has 0 N–H and O–H groups in total. The van der Waals surface area contributed by atoms with Gasteiger partial charge in [-0.05, 0) is 232 Å². The summed E-state index contributed by atoms with van der Waals surface area (Å²) >= 11 is 0. The van der Waals surface area contributed by atoms with Crippen LogP contribution in [0.4, 0.5) is 0 Å². The van der Waals surface area contributed by atoms with E-state index in [1.165, 1.54) is 157 Å². The van der Waals surface area contributed by atoms with Crippen LogP contribution in [0.15, 0.2) is 418 Å². The summed E-state index contributed by atoms with van der Waals surface area (Å²) < 4.78 is 45.6. The highest BCUT2D eigenvalue weighted by atomic mass is 15.0. The molecule has 128 heavy (non-hydrogen) atoms. The molecule has 4 bridgehead atoms. The number of nitrogens with zero attached hydrogens (tertiary/aromatic N) is 4. The molecule has 0 radical (unpaired) electrons. The van der Waals surface area contributed by atoms with E-state index in [0.29, 0.717) is 5.56 Å². The van der Waals surface area contributed by atoms with Crippen LogP contribution < -0.4 is 0 Å². The molecule has 4 aromatic heterocycles. The van der Waals surface area contributed by atoms with Crippen molar-refractivity contribution < 1.29 is 6.85 Å². The average Bonchev–Trinajstić information content (AvgIpc) is 1.60. The van der Waals surface area contributed by atoms with Gasteiger partial charge in [0.05, 0.1) is 40.0 Å². The van der Waals surface area contributed by atoms with Crippen molar-refractivity contribution in [2.75, 3.05) is 0 Å². The van der Waals surface area contributed by atoms with Gasteiger partial charge in [-0.15, -0.1) is 0 Å². The Labute approximate surface area is 769 Å². The largest absolute Gasteiger partial charge is 0.344 e. The van der Waals surface area contributed by atoms with E-state index >= 15 is 0 Å². The first-order chi connectivity index (χ1) is 64.7. The molecule has 6 aliphatic carbocycles. The predicted molar refractivity (Wildman–Crippen MR) is 556 cm³/mol. The second-order valence-corrected chi connectivity index (χ2v) is 35.2. The lowest BCUT2D eigenvalue weighted by Crippen LogP contribution is -2.30. The summed E-state index contributed by atoms with van der Waals surface area (Å²) in [7, 11) is 2.12. The molecular formula is C124H130N4. The number of hydrogen-bond acceptors (Lipinski definition) is 0. The number of rotatable bonds is 4. The second kappa shape index (κ2) is 45.7. The third kappa shape index (κ3) is 23.7. The maximum Gasteiger partial charge on any atom is 0.0625 e. The zero-order valence-electron chi connectivity index (χ0n) is 82.0. The van der Waals surface area contributed by atoms with Gasteiger partial charge in [0, 0.05) is 78.2 Å². The maximum absolute atomic E-state index is 7.31. The van der Waals surface area contributed by atoms with Gasteiger partial charge in [0.2, 0.25) is 0 Å². The lowest BCUT2D eigenvalue weighted by Gasteiger charge is -2.42. The quantitative estimate of drug-likeness (QED) is 0.167. The summed E-state index contributed by atoms with van der Waals surface area (Å²) in [6, 6.07) is 134. The molecule has 4 heterocycles. The smallest absolute Gasteiger partial charge is 0.0625 e. The topological polar surface area (TPSA) is 19.7 Å². The van der Waals surface area contributed by atoms with Gasteiger partial charge in [-0.3, -0.25) is 0 Å². The van der Waals surface area contributed by atoms with Crippen LogP contribution >= 0.6 is 0 Å². The minimum absolute atomic E-state index is 0.124. The van der Waals surface area contributed by atoms with Gasteiger partial charge in [0.25, 0.3) is 0 Å². The molecule has 0 amide bonds. The molecule has 6 aliphatic rings. The highest BCUT2D eigenvalue weighted by molar-refractivity contribution is 6.12. The molecule has 26 rings (SSSR count). The summed E-state index contributed by atoms with van der Waals surface area (Å²) in [6.07, 6.45) is 17.0. The first kappa shape index (κ1) is 84.2. The lowest BCUT2D eigenvalue weighted by molar-refractivity contribution is 0.0964. The molecule has 0 aliphatic heterocycles. The number of aromatic nitrogens is 4. The van der Waals surface area contributed by atoms with E-state index in [0.717, 1.165) is 35.5 Å². The molecule has 6 saturated carbocycles. The van der Waals surface area contributed by atoms with Gasteiger partial charge in [-0.1, -0.05) is 407 Å². The normalized spacial score (nSPS) is 16.5. The molecule has 0 spiro atoms. The van der Waals surface area contributed by atoms with Crippen molar-refractivity contribution >= 4 is 87.2 Å². The van der Waals surface area contributed by atoms with Crippen LogP contribution in [0.5, 0.6) is 0 Å². The van der Waals surface area contributed by atoms with Crippen molar-refractivity contribution in [1.29, 1.82) is 0 Å². The van der Waals surface area contributed by atoms with Gasteiger partial charge in [-0.2, -0.15) is 0 Å². The zero-order chi connectivity index (χ0) is 93.3. The van der Waals surface area contributed by atoms with E-state index in [2.05, 4.69) is 403 Å². The van der Waals surface area contributed by atoms with Crippen molar-refractivity contribution in [2.24, 2.45) is 42.6 Å². The van der Waals surface area contributed by atoms with E-state index in [1.807, 2.05) is 72.8 Å². The van der Waals surface area contributed by atoms with Crippen molar-refractivity contribution in [3.8, 4) is 17.1 Å². The summed E-state index contributed by atoms with van der Waals surface area (Å²) in [5.74, 6) is 6.70. The van der Waals surface area contributed by atoms with Crippen molar-refractivity contribution in [3.05, 3.63) is 463 Å². The molecule has 646 valence electrons. The number of para-hydroxylation sites is 8. The molecule has 6 fully saturated rings. The molecule has 2 atom stereocenters. The predicted octanol–water partition coefficient (Wildman–Crippen LogP) is 34.6. The fraction of sp³-hybridized carbons (Fsp3) is 0.226. The summed E-state index contributed by atoms with van der Waals surface area (Å²) in [5, 5.41) is 10.6. The molecule has 16 aromatic carbocycles. The summed E-state index contributed by atoms with van der Waals surface area (Å²) in [6.45, 7) is 21.1. The van der Waals surface area contributed by atoms with Crippen LogP contribution in [-0.4, -0.2) is 18.3 Å². The van der Waals surface area contributed by atoms with Crippen molar-refractivity contribution in [2.45, 2.75) is 140 Å². The van der Waals surface area contributed by atoms with E-state index in [1.54, 1.807) is 64.2 Å². The van der Waals surface area contributed by atoms with Gasteiger partial charge in [-0.25, -0.2) is 0 Å². The second-order valence-electron chi connectivity index (χ2n) is 35.2. The maximum atomic E-state index is 7.31. The van der Waals surface area contributed by atoms with Crippen molar-refractivity contribution in [3.63, 3.8) is 0 Å². The third-order valence-electron chi connectivity index (χ3n) is 25.9. The Kier molecular flexibility index (Phi) is 30.1. The Balaban J connectivity index is 0.000000120. The number of hydrogen-bond donors (Lipinski definition) is 0. The van der Waals surface area contributed by atoms with Crippen LogP contribution in [0, 0.1) is 90.9 Å². The Morgan fingerprint density at radius 2 is 0.578 bits per heavy atom. The lowest BCUT2D eigenvalue weighted by atomic mass is 9.64.